The van der Waals surface area contributed by atoms with E-state index in [0.29, 0.717) is 23.4 Å². The highest BCUT2D eigenvalue weighted by Gasteiger charge is 2.20. The van der Waals surface area contributed by atoms with Gasteiger partial charge in [-0.05, 0) is 12.5 Å². The molecule has 2 N–H and O–H groups in total. The van der Waals surface area contributed by atoms with E-state index in [9.17, 15) is 14.4 Å². The molecule has 3 heterocycles. The zero-order valence-corrected chi connectivity index (χ0v) is 17.5. The van der Waals surface area contributed by atoms with Gasteiger partial charge >= 0.3 is 5.69 Å². The second kappa shape index (κ2) is 9.07. The molecule has 8 nitrogen and oxygen atoms in total. The maximum atomic E-state index is 12.9. The van der Waals surface area contributed by atoms with Crippen LogP contribution >= 0.6 is 0 Å². The van der Waals surface area contributed by atoms with E-state index in [-0.39, 0.29) is 16.9 Å². The third-order valence-corrected chi connectivity index (χ3v) is 5.43. The molecule has 2 aliphatic heterocycles. The molecule has 2 aliphatic rings. The van der Waals surface area contributed by atoms with Gasteiger partial charge in [-0.25, -0.2) is 9.78 Å². The number of aromatic amines is 2. The smallest absolute Gasteiger partial charge is 0.309 e. The third kappa shape index (κ3) is 4.33. The van der Waals surface area contributed by atoms with Crippen LogP contribution in [0.5, 0.6) is 0 Å². The number of hydrogen-bond acceptors (Lipinski definition) is 5. The summed E-state index contributed by atoms with van der Waals surface area (Å²) in [6, 6.07) is 10.8. The second-order valence-corrected chi connectivity index (χ2v) is 7.69. The van der Waals surface area contributed by atoms with Crippen molar-refractivity contribution in [3.63, 3.8) is 0 Å². The zero-order valence-electron chi connectivity index (χ0n) is 17.5. The van der Waals surface area contributed by atoms with Crippen LogP contribution in [-0.4, -0.2) is 24.5 Å². The quantitative estimate of drug-likeness (QED) is 0.336. The van der Waals surface area contributed by atoms with Crippen LogP contribution in [0.3, 0.4) is 0 Å². The van der Waals surface area contributed by atoms with E-state index in [1.807, 2.05) is 30.3 Å². The Kier molecular flexibility index (Phi) is 6.06. The average molecular weight is 419 g/mol. The van der Waals surface area contributed by atoms with Crippen molar-refractivity contribution in [3.8, 4) is 22.8 Å². The molecular formula is C23H25N5O3. The summed E-state index contributed by atoms with van der Waals surface area (Å²) >= 11 is 0. The molecule has 0 saturated carbocycles. The zero-order chi connectivity index (χ0) is 21.8. The molecule has 0 saturated heterocycles. The number of aryl methyl sites for hydroxylation is 1. The number of H-pyrrole nitrogens is 2. The molecule has 0 unspecified atom stereocenters. The average Bonchev–Trinajstić information content (AvgIpc) is 2.76. The van der Waals surface area contributed by atoms with E-state index in [1.54, 1.807) is 4.57 Å². The number of hydrogen-bond donors (Lipinski definition) is 2. The third-order valence-electron chi connectivity index (χ3n) is 5.43. The van der Waals surface area contributed by atoms with E-state index in [0.717, 1.165) is 24.8 Å². The van der Waals surface area contributed by atoms with Crippen LogP contribution in [0.25, 0.3) is 33.8 Å². The lowest BCUT2D eigenvalue weighted by atomic mass is 10.1. The van der Waals surface area contributed by atoms with Crippen LogP contribution in [0.2, 0.25) is 0 Å². The molecular weight excluding hydrogens is 394 g/mol. The lowest BCUT2D eigenvalue weighted by molar-refractivity contribution is 0.561. The fourth-order valence-corrected chi connectivity index (χ4v) is 3.83. The van der Waals surface area contributed by atoms with Gasteiger partial charge in [0.2, 0.25) is 0 Å². The van der Waals surface area contributed by atoms with Crippen LogP contribution in [0.15, 0.2) is 50.8 Å². The first kappa shape index (κ1) is 20.7. The maximum absolute atomic E-state index is 12.9. The van der Waals surface area contributed by atoms with E-state index in [1.165, 1.54) is 25.3 Å². The second-order valence-electron chi connectivity index (χ2n) is 7.69. The first-order valence-corrected chi connectivity index (χ1v) is 10.7. The lowest BCUT2D eigenvalue weighted by Crippen LogP contribution is -2.29. The normalized spacial score (nSPS) is 11.4. The molecule has 31 heavy (non-hydrogen) atoms. The Morgan fingerprint density at radius 2 is 1.61 bits per heavy atom. The standard InChI is InChI=1S/C23H25N5O3/c1-2-3-4-5-6-10-13-28-19-16(14-17-20(28)26-23(31)27-22(17)30)21(29)25-18(24-19)15-11-8-7-9-12-15/h7-9,11-12,14H,2-6,10,13H2,1H3,(H,24,25,29)(H,27,30,31). The minimum absolute atomic E-state index is 0.206. The Labute approximate surface area is 178 Å². The van der Waals surface area contributed by atoms with Gasteiger partial charge in [-0.3, -0.25) is 14.6 Å². The Bertz CT molecular complexity index is 1340. The highest BCUT2D eigenvalue weighted by molar-refractivity contribution is 5.83. The summed E-state index contributed by atoms with van der Waals surface area (Å²) in [5.74, 6) is 0.688. The molecule has 160 valence electrons. The highest BCUT2D eigenvalue weighted by Crippen LogP contribution is 2.23. The van der Waals surface area contributed by atoms with Gasteiger partial charge in [0.05, 0.1) is 10.9 Å². The van der Waals surface area contributed by atoms with Crippen molar-refractivity contribution >= 4 is 11.0 Å². The summed E-state index contributed by atoms with van der Waals surface area (Å²) < 4.78 is 1.74. The minimum atomic E-state index is -0.707. The lowest BCUT2D eigenvalue weighted by Gasteiger charge is -2.17. The first-order chi connectivity index (χ1) is 15.1. The van der Waals surface area contributed by atoms with Crippen molar-refractivity contribution in [2.24, 2.45) is 0 Å². The summed E-state index contributed by atoms with van der Waals surface area (Å²) in [6.45, 7) is 2.69. The van der Waals surface area contributed by atoms with Crippen LogP contribution < -0.4 is 16.8 Å². The fraction of sp³-hybridized carbons (Fsp3) is 0.348. The predicted octanol–water partition coefficient (Wildman–Crippen LogP) is 3.30. The van der Waals surface area contributed by atoms with E-state index in [2.05, 4.69) is 21.9 Å². The summed E-state index contributed by atoms with van der Waals surface area (Å²) in [5.41, 5.74) is -0.204. The van der Waals surface area contributed by atoms with E-state index < -0.39 is 11.2 Å². The molecule has 1 aromatic heterocycles. The molecule has 0 spiro atoms. The summed E-state index contributed by atoms with van der Waals surface area (Å²) in [7, 11) is 0. The van der Waals surface area contributed by atoms with Crippen molar-refractivity contribution in [1.82, 2.24) is 24.5 Å². The van der Waals surface area contributed by atoms with Crippen molar-refractivity contribution in [3.05, 3.63) is 67.6 Å². The summed E-state index contributed by atoms with van der Waals surface area (Å²) in [4.78, 5) is 51.0. The molecule has 0 atom stereocenters. The van der Waals surface area contributed by atoms with Gasteiger partial charge in [0.1, 0.15) is 11.5 Å². The number of nitrogens with one attached hydrogen (secondary N) is 2. The van der Waals surface area contributed by atoms with Crippen molar-refractivity contribution in [2.75, 3.05) is 0 Å². The van der Waals surface area contributed by atoms with E-state index in [4.69, 9.17) is 4.98 Å². The number of aromatic nitrogens is 5. The highest BCUT2D eigenvalue weighted by atomic mass is 16.2. The van der Waals surface area contributed by atoms with Gasteiger partial charge in [0, 0.05) is 12.1 Å². The molecule has 1 aromatic carbocycles. The van der Waals surface area contributed by atoms with Gasteiger partial charge in [-0.15, -0.1) is 0 Å². The van der Waals surface area contributed by atoms with Gasteiger partial charge in [0.15, 0.2) is 5.82 Å². The SMILES string of the molecule is CCCCCCCCn1c2nc(=O)[nH]c(=O)c-2cc2c(=O)[nH]c(-c3ccccc3)nc21. The number of unbranched alkanes of at least 4 members (excludes halogenated alkanes) is 5. The molecule has 0 radical (unpaired) electrons. The summed E-state index contributed by atoms with van der Waals surface area (Å²) in [5, 5.41) is 0.295. The molecule has 4 rings (SSSR count). The van der Waals surface area contributed by atoms with Crippen LogP contribution in [0, 0.1) is 0 Å². The van der Waals surface area contributed by atoms with Crippen LogP contribution in [0.1, 0.15) is 45.4 Å². The Morgan fingerprint density at radius 1 is 0.871 bits per heavy atom. The van der Waals surface area contributed by atoms with Gasteiger partial charge in [0.25, 0.3) is 11.1 Å². The van der Waals surface area contributed by atoms with E-state index >= 15 is 0 Å². The molecule has 0 amide bonds. The van der Waals surface area contributed by atoms with Crippen LogP contribution in [0.4, 0.5) is 0 Å². The Balaban J connectivity index is 1.86. The summed E-state index contributed by atoms with van der Waals surface area (Å²) in [6.07, 6.45) is 6.51. The Hall–Kier alpha value is -3.55. The monoisotopic (exact) mass is 419 g/mol. The van der Waals surface area contributed by atoms with Crippen molar-refractivity contribution in [2.45, 2.75) is 52.0 Å². The number of pyridine rings is 1. The predicted molar refractivity (Wildman–Crippen MR) is 120 cm³/mol. The topological polar surface area (TPSA) is 113 Å². The van der Waals surface area contributed by atoms with Gasteiger partial charge in [-0.2, -0.15) is 4.98 Å². The number of nitrogens with zero attached hydrogens (tertiary/aromatic N) is 3. The molecule has 8 heteroatoms. The fourth-order valence-electron chi connectivity index (χ4n) is 3.83. The molecule has 0 fully saturated rings. The van der Waals surface area contributed by atoms with Crippen molar-refractivity contribution in [1.29, 1.82) is 0 Å². The Morgan fingerprint density at radius 3 is 2.39 bits per heavy atom. The number of fused-ring (bicyclic) bond motifs is 2. The number of benzene rings is 1. The van der Waals surface area contributed by atoms with Crippen molar-refractivity contribution < 1.29 is 0 Å². The molecule has 0 aliphatic carbocycles. The van der Waals surface area contributed by atoms with Gasteiger partial charge in [-0.1, -0.05) is 69.4 Å². The maximum Gasteiger partial charge on any atom is 0.349 e. The largest absolute Gasteiger partial charge is 0.349 e. The van der Waals surface area contributed by atoms with Crippen LogP contribution in [-0.2, 0) is 6.54 Å². The molecule has 2 aromatic rings. The number of rotatable bonds is 8. The van der Waals surface area contributed by atoms with Gasteiger partial charge < -0.3 is 9.55 Å². The minimum Gasteiger partial charge on any atom is -0.309 e. The first-order valence-electron chi connectivity index (χ1n) is 10.7. The molecule has 0 bridgehead atoms.